The molecule has 172 valence electrons. The van der Waals surface area contributed by atoms with Crippen molar-refractivity contribution in [2.45, 2.75) is 26.2 Å². The number of ether oxygens (including phenoxy) is 1. The van der Waals surface area contributed by atoms with Gasteiger partial charge >= 0.3 is 5.97 Å². The van der Waals surface area contributed by atoms with Gasteiger partial charge in [0.25, 0.3) is 0 Å². The molecule has 2 aliphatic carbocycles. The molecule has 8 heteroatoms. The van der Waals surface area contributed by atoms with Crippen LogP contribution in [0.3, 0.4) is 0 Å². The van der Waals surface area contributed by atoms with E-state index in [-0.39, 0.29) is 16.7 Å². The first kappa shape index (κ1) is 22.4. The van der Waals surface area contributed by atoms with Gasteiger partial charge in [0.2, 0.25) is 0 Å². The van der Waals surface area contributed by atoms with Gasteiger partial charge in [-0.15, -0.1) is 11.3 Å². The van der Waals surface area contributed by atoms with Crippen LogP contribution in [0.1, 0.15) is 66.0 Å². The first-order chi connectivity index (χ1) is 16.4. The van der Waals surface area contributed by atoms with Crippen molar-refractivity contribution < 1.29 is 19.1 Å². The Hall–Kier alpha value is -3.36. The molecule has 6 nitrogen and oxygen atoms in total. The number of ketones is 2. The fraction of sp³-hybridized carbons (Fsp3) is 0.231. The number of esters is 1. The van der Waals surface area contributed by atoms with Gasteiger partial charge in [0, 0.05) is 21.6 Å². The largest absolute Gasteiger partial charge is 0.465 e. The lowest BCUT2D eigenvalue weighted by molar-refractivity contribution is 0.0600. The molecule has 0 amide bonds. The summed E-state index contributed by atoms with van der Waals surface area (Å²) in [6, 6.07) is 11.9. The third kappa shape index (κ3) is 3.73. The van der Waals surface area contributed by atoms with Gasteiger partial charge in [-0.25, -0.2) is 4.79 Å². The summed E-state index contributed by atoms with van der Waals surface area (Å²) in [7, 11) is 1.37. The first-order valence-electron chi connectivity index (χ1n) is 11.0. The summed E-state index contributed by atoms with van der Waals surface area (Å²) >= 11 is 7.06. The van der Waals surface area contributed by atoms with Crippen LogP contribution in [0, 0.1) is 5.92 Å². The Balaban J connectivity index is 1.46. The van der Waals surface area contributed by atoms with Gasteiger partial charge < -0.3 is 15.4 Å². The Morgan fingerprint density at radius 3 is 2.47 bits per heavy atom. The van der Waals surface area contributed by atoms with Gasteiger partial charge in [0.1, 0.15) is 5.00 Å². The molecule has 1 heterocycles. The lowest BCUT2D eigenvalue weighted by Crippen LogP contribution is -2.25. The summed E-state index contributed by atoms with van der Waals surface area (Å²) < 4.78 is 5.04. The Kier molecular flexibility index (Phi) is 5.79. The molecule has 2 N–H and O–H groups in total. The Morgan fingerprint density at radius 1 is 1.03 bits per heavy atom. The van der Waals surface area contributed by atoms with Crippen LogP contribution in [-0.4, -0.2) is 29.8 Å². The summed E-state index contributed by atoms with van der Waals surface area (Å²) in [5.74, 6) is -0.267. The van der Waals surface area contributed by atoms with E-state index >= 15 is 0 Å². The maximum Gasteiger partial charge on any atom is 0.341 e. The average Bonchev–Trinajstić information content (AvgIpc) is 3.18. The summed E-state index contributed by atoms with van der Waals surface area (Å²) in [5.41, 5.74) is 3.40. The normalized spacial score (nSPS) is 16.2. The van der Waals surface area contributed by atoms with Gasteiger partial charge in [-0.1, -0.05) is 43.3 Å². The van der Waals surface area contributed by atoms with Crippen molar-refractivity contribution >= 4 is 56.9 Å². The number of carbonyl (C=O) groups excluding carboxylic acids is 3. The maximum absolute atomic E-state index is 13.2. The number of anilines is 2. The van der Waals surface area contributed by atoms with E-state index in [1.54, 1.807) is 42.5 Å². The highest BCUT2D eigenvalue weighted by molar-refractivity contribution is 7.80. The number of thiocarbonyl (C=S) groups is 1. The number of methoxy groups -OCH3 is 1. The average molecular weight is 491 g/mol. The Morgan fingerprint density at radius 2 is 1.74 bits per heavy atom. The predicted octanol–water partition coefficient (Wildman–Crippen LogP) is 5.24. The highest BCUT2D eigenvalue weighted by Crippen LogP contribution is 2.40. The molecule has 2 aromatic carbocycles. The molecule has 0 bridgehead atoms. The van der Waals surface area contributed by atoms with Crippen molar-refractivity contribution in [3.63, 3.8) is 0 Å². The van der Waals surface area contributed by atoms with Crippen LogP contribution in [0.5, 0.6) is 0 Å². The van der Waals surface area contributed by atoms with Crippen molar-refractivity contribution in [2.75, 3.05) is 17.7 Å². The molecule has 1 unspecified atom stereocenters. The molecule has 0 spiro atoms. The third-order valence-electron chi connectivity index (χ3n) is 6.33. The minimum Gasteiger partial charge on any atom is -0.465 e. The predicted molar refractivity (Wildman–Crippen MR) is 136 cm³/mol. The van der Waals surface area contributed by atoms with Crippen molar-refractivity contribution in [1.29, 1.82) is 0 Å². The standard InChI is InChI=1S/C26H22N2O4S2/c1-13-10-11-16-19(12-13)34-24(21(16)25(31)32-2)28-26(33)27-18-9-5-8-17-20(18)23(30)15-7-4-3-6-14(15)22(17)29/h3-9,13H,10-12H2,1-2H3,(H2,27,28,33). The van der Waals surface area contributed by atoms with E-state index in [1.165, 1.54) is 23.3 Å². The number of carbonyl (C=O) groups is 3. The van der Waals surface area contributed by atoms with Crippen molar-refractivity contribution in [2.24, 2.45) is 5.92 Å². The second-order valence-corrected chi connectivity index (χ2v) is 10.1. The van der Waals surface area contributed by atoms with Gasteiger partial charge in [0.15, 0.2) is 16.7 Å². The zero-order valence-corrected chi connectivity index (χ0v) is 20.3. The van der Waals surface area contributed by atoms with Crippen molar-refractivity contribution in [1.82, 2.24) is 0 Å². The number of fused-ring (bicyclic) bond motifs is 3. The number of benzene rings is 2. The van der Waals surface area contributed by atoms with Gasteiger partial charge in [-0.3, -0.25) is 9.59 Å². The van der Waals surface area contributed by atoms with Gasteiger partial charge in [-0.05, 0) is 49.0 Å². The molecular formula is C26H22N2O4S2. The SMILES string of the molecule is COC(=O)c1c(NC(=S)Nc2cccc3c2C(=O)c2ccccc2C3=O)sc2c1CCC(C)C2. The van der Waals surface area contributed by atoms with E-state index in [4.69, 9.17) is 17.0 Å². The second-order valence-electron chi connectivity index (χ2n) is 8.56. The lowest BCUT2D eigenvalue weighted by Gasteiger charge is -2.21. The minimum atomic E-state index is -0.396. The van der Waals surface area contributed by atoms with Crippen LogP contribution in [0.25, 0.3) is 0 Å². The quantitative estimate of drug-likeness (QED) is 0.300. The van der Waals surface area contributed by atoms with E-state index in [1.807, 2.05) is 0 Å². The highest BCUT2D eigenvalue weighted by Gasteiger charge is 2.32. The number of thiophene rings is 1. The van der Waals surface area contributed by atoms with Gasteiger partial charge in [0.05, 0.1) is 23.9 Å². The smallest absolute Gasteiger partial charge is 0.341 e. The van der Waals surface area contributed by atoms with E-state index in [0.29, 0.717) is 44.4 Å². The zero-order valence-electron chi connectivity index (χ0n) is 18.7. The number of rotatable bonds is 3. The van der Waals surface area contributed by atoms with Crippen LogP contribution < -0.4 is 10.6 Å². The van der Waals surface area contributed by atoms with E-state index in [9.17, 15) is 14.4 Å². The van der Waals surface area contributed by atoms with E-state index in [0.717, 1.165) is 24.8 Å². The molecule has 2 aliphatic rings. The maximum atomic E-state index is 13.2. The van der Waals surface area contributed by atoms with Crippen LogP contribution in [0.2, 0.25) is 0 Å². The summed E-state index contributed by atoms with van der Waals surface area (Å²) in [5, 5.41) is 7.07. The summed E-state index contributed by atoms with van der Waals surface area (Å²) in [6.07, 6.45) is 2.75. The van der Waals surface area contributed by atoms with Crippen LogP contribution in [0.15, 0.2) is 42.5 Å². The number of nitrogens with one attached hydrogen (secondary N) is 2. The second kappa shape index (κ2) is 8.77. The van der Waals surface area contributed by atoms with Crippen molar-refractivity contribution in [3.05, 3.63) is 80.7 Å². The van der Waals surface area contributed by atoms with E-state index in [2.05, 4.69) is 17.6 Å². The number of hydrogen-bond donors (Lipinski definition) is 2. The van der Waals surface area contributed by atoms with Crippen LogP contribution in [0.4, 0.5) is 10.7 Å². The third-order valence-corrected chi connectivity index (χ3v) is 7.70. The highest BCUT2D eigenvalue weighted by atomic mass is 32.1. The fourth-order valence-electron chi connectivity index (χ4n) is 4.66. The number of hydrogen-bond acceptors (Lipinski definition) is 6. The van der Waals surface area contributed by atoms with E-state index < -0.39 is 5.97 Å². The van der Waals surface area contributed by atoms with Gasteiger partial charge in [-0.2, -0.15) is 0 Å². The molecule has 0 aliphatic heterocycles. The molecule has 34 heavy (non-hydrogen) atoms. The first-order valence-corrected chi connectivity index (χ1v) is 12.2. The van der Waals surface area contributed by atoms with Crippen molar-refractivity contribution in [3.8, 4) is 0 Å². The molecule has 1 atom stereocenters. The molecular weight excluding hydrogens is 468 g/mol. The molecule has 0 saturated heterocycles. The molecule has 0 radical (unpaired) electrons. The topological polar surface area (TPSA) is 84.5 Å². The molecule has 1 aromatic heterocycles. The lowest BCUT2D eigenvalue weighted by atomic mass is 9.83. The van der Waals surface area contributed by atoms with Crippen LogP contribution in [-0.2, 0) is 17.6 Å². The minimum absolute atomic E-state index is 0.194. The van der Waals surface area contributed by atoms with Crippen LogP contribution >= 0.6 is 23.6 Å². The fourth-order valence-corrected chi connectivity index (χ4v) is 6.34. The molecule has 5 rings (SSSR count). The Labute approximate surface area is 206 Å². The Bertz CT molecular complexity index is 1380. The molecule has 3 aromatic rings. The molecule has 0 fully saturated rings. The molecule has 0 saturated carbocycles. The zero-order chi connectivity index (χ0) is 24.0. The monoisotopic (exact) mass is 490 g/mol. The summed E-state index contributed by atoms with van der Waals surface area (Å²) in [4.78, 5) is 40.0. The summed E-state index contributed by atoms with van der Waals surface area (Å²) in [6.45, 7) is 2.20.